The van der Waals surface area contributed by atoms with E-state index < -0.39 is 0 Å². The summed E-state index contributed by atoms with van der Waals surface area (Å²) in [6.07, 6.45) is 17.6. The Morgan fingerprint density at radius 2 is 1.82 bits per heavy atom. The average Bonchev–Trinajstić information content (AvgIpc) is 2.80. The number of rotatable bonds is 7. The molecule has 0 spiro atoms. The number of unbranched alkanes of at least 4 members (excludes halogenated alkanes) is 5. The molecule has 0 aromatic carbocycles. The molecule has 1 N–H and O–H groups in total. The van der Waals surface area contributed by atoms with Gasteiger partial charge in [0.2, 0.25) is 0 Å². The van der Waals surface area contributed by atoms with E-state index in [4.69, 9.17) is 0 Å². The van der Waals surface area contributed by atoms with Crippen LogP contribution in [-0.2, 0) is 0 Å². The predicted molar refractivity (Wildman–Crippen MR) is 76.1 cm³/mol. The zero-order chi connectivity index (χ0) is 12.8. The van der Waals surface area contributed by atoms with Gasteiger partial charge >= 0.3 is 0 Å². The van der Waals surface area contributed by atoms with Gasteiger partial charge in [-0.1, -0.05) is 51.7 Å². The monoisotopic (exact) mass is 236 g/mol. The van der Waals surface area contributed by atoms with Crippen LogP contribution in [0.3, 0.4) is 0 Å². The molecule has 0 fully saturated rings. The summed E-state index contributed by atoms with van der Waals surface area (Å²) in [5, 5.41) is 0. The van der Waals surface area contributed by atoms with Crippen molar-refractivity contribution in [1.82, 2.24) is 9.97 Å². The third kappa shape index (κ3) is 12.9. The van der Waals surface area contributed by atoms with Crippen molar-refractivity contribution in [2.45, 2.75) is 65.7 Å². The van der Waals surface area contributed by atoms with Crippen LogP contribution < -0.4 is 0 Å². The summed E-state index contributed by atoms with van der Waals surface area (Å²) in [5.41, 5.74) is 0. The summed E-state index contributed by atoms with van der Waals surface area (Å²) in [6.45, 7) is 6.40. The molecule has 2 heteroatoms. The second-order valence-electron chi connectivity index (χ2n) is 4.28. The van der Waals surface area contributed by atoms with E-state index in [9.17, 15) is 0 Å². The maximum absolute atomic E-state index is 3.86. The maximum atomic E-state index is 3.86. The number of aryl methyl sites for hydroxylation is 1. The number of nitrogens with zero attached hydrogens (tertiary/aromatic N) is 1. The van der Waals surface area contributed by atoms with E-state index >= 15 is 0 Å². The fraction of sp³-hybridized carbons (Fsp3) is 0.667. The second kappa shape index (κ2) is 13.0. The molecular weight excluding hydrogens is 208 g/mol. The number of aromatic amines is 1. The number of allylic oxidation sites excluding steroid dienone is 2. The molecule has 98 valence electrons. The SMILES string of the molecule is CCCC=CCCCCCC.Cc1ncc[nH]1. The number of aromatic nitrogens is 2. The fourth-order valence-electron chi connectivity index (χ4n) is 1.44. The van der Waals surface area contributed by atoms with Crippen LogP contribution in [0.1, 0.15) is 64.6 Å². The first kappa shape index (κ1) is 16.0. The molecule has 0 aliphatic carbocycles. The Morgan fingerprint density at radius 3 is 2.29 bits per heavy atom. The van der Waals surface area contributed by atoms with Gasteiger partial charge in [0.05, 0.1) is 0 Å². The first-order valence-corrected chi connectivity index (χ1v) is 6.92. The van der Waals surface area contributed by atoms with Crippen molar-refractivity contribution in [2.75, 3.05) is 0 Å². The first-order chi connectivity index (χ1) is 8.31. The molecule has 1 aromatic rings. The lowest BCUT2D eigenvalue weighted by Crippen LogP contribution is -1.73. The summed E-state index contributed by atoms with van der Waals surface area (Å²) in [7, 11) is 0. The van der Waals surface area contributed by atoms with Gasteiger partial charge in [0.15, 0.2) is 0 Å². The van der Waals surface area contributed by atoms with Crippen molar-refractivity contribution in [3.05, 3.63) is 30.4 Å². The van der Waals surface area contributed by atoms with Crippen LogP contribution in [-0.4, -0.2) is 9.97 Å². The summed E-state index contributed by atoms with van der Waals surface area (Å²) in [5.74, 6) is 0.968. The molecule has 0 aliphatic heterocycles. The van der Waals surface area contributed by atoms with E-state index in [0.29, 0.717) is 0 Å². The Hall–Kier alpha value is -1.05. The van der Waals surface area contributed by atoms with E-state index in [2.05, 4.69) is 36.0 Å². The van der Waals surface area contributed by atoms with Gasteiger partial charge in [0.25, 0.3) is 0 Å². The summed E-state index contributed by atoms with van der Waals surface area (Å²) in [4.78, 5) is 6.75. The summed E-state index contributed by atoms with van der Waals surface area (Å²) >= 11 is 0. The van der Waals surface area contributed by atoms with Crippen molar-refractivity contribution in [2.24, 2.45) is 0 Å². The molecule has 0 radical (unpaired) electrons. The van der Waals surface area contributed by atoms with Crippen LogP contribution in [0.4, 0.5) is 0 Å². The molecule has 0 saturated heterocycles. The Balaban J connectivity index is 0.000000354. The van der Waals surface area contributed by atoms with Gasteiger partial charge in [-0.25, -0.2) is 4.98 Å². The van der Waals surface area contributed by atoms with Gasteiger partial charge in [-0.3, -0.25) is 0 Å². The van der Waals surface area contributed by atoms with Crippen molar-refractivity contribution >= 4 is 0 Å². The molecule has 1 rings (SSSR count). The highest BCUT2D eigenvalue weighted by molar-refractivity contribution is 4.81. The molecule has 2 nitrogen and oxygen atoms in total. The molecule has 0 atom stereocenters. The quantitative estimate of drug-likeness (QED) is 0.522. The third-order valence-corrected chi connectivity index (χ3v) is 2.48. The molecule has 1 aromatic heterocycles. The number of nitrogens with one attached hydrogen (secondary N) is 1. The Kier molecular flexibility index (Phi) is 12.2. The van der Waals surface area contributed by atoms with Crippen LogP contribution in [0.5, 0.6) is 0 Å². The van der Waals surface area contributed by atoms with Crippen LogP contribution in [0.15, 0.2) is 24.5 Å². The summed E-state index contributed by atoms with van der Waals surface area (Å²) in [6, 6.07) is 0. The molecule has 0 bridgehead atoms. The minimum Gasteiger partial charge on any atom is -0.349 e. The van der Waals surface area contributed by atoms with Crippen molar-refractivity contribution in [3.63, 3.8) is 0 Å². The minimum absolute atomic E-state index is 0.968. The van der Waals surface area contributed by atoms with Gasteiger partial charge in [0, 0.05) is 12.4 Å². The normalized spacial score (nSPS) is 10.3. The van der Waals surface area contributed by atoms with E-state index in [0.717, 1.165) is 5.82 Å². The van der Waals surface area contributed by atoms with Crippen molar-refractivity contribution in [3.8, 4) is 0 Å². The maximum Gasteiger partial charge on any atom is 0.102 e. The van der Waals surface area contributed by atoms with E-state index in [1.165, 1.54) is 44.9 Å². The second-order valence-corrected chi connectivity index (χ2v) is 4.28. The molecule has 0 saturated carbocycles. The van der Waals surface area contributed by atoms with Crippen LogP contribution >= 0.6 is 0 Å². The highest BCUT2D eigenvalue weighted by Gasteiger charge is 1.83. The van der Waals surface area contributed by atoms with Gasteiger partial charge in [-0.2, -0.15) is 0 Å². The summed E-state index contributed by atoms with van der Waals surface area (Å²) < 4.78 is 0. The Labute approximate surface area is 107 Å². The largest absolute Gasteiger partial charge is 0.349 e. The Morgan fingerprint density at radius 1 is 1.06 bits per heavy atom. The molecular formula is C15H28N2. The zero-order valence-electron chi connectivity index (χ0n) is 11.7. The van der Waals surface area contributed by atoms with Crippen molar-refractivity contribution < 1.29 is 0 Å². The standard InChI is InChI=1S/C11H22.C4H6N2/c1-3-5-7-9-11-10-8-6-4-2;1-4-5-2-3-6-4/h7,9H,3-6,8,10-11H2,1-2H3;2-3H,1H3,(H,5,6). The fourth-order valence-corrected chi connectivity index (χ4v) is 1.44. The number of imidazole rings is 1. The topological polar surface area (TPSA) is 28.7 Å². The highest BCUT2D eigenvalue weighted by atomic mass is 14.9. The lowest BCUT2D eigenvalue weighted by atomic mass is 10.1. The van der Waals surface area contributed by atoms with Crippen LogP contribution in [0, 0.1) is 6.92 Å². The lowest BCUT2D eigenvalue weighted by Gasteiger charge is -1.93. The lowest BCUT2D eigenvalue weighted by molar-refractivity contribution is 0.673. The Bertz CT molecular complexity index is 250. The van der Waals surface area contributed by atoms with E-state index in [-0.39, 0.29) is 0 Å². The third-order valence-electron chi connectivity index (χ3n) is 2.48. The molecule has 1 heterocycles. The minimum atomic E-state index is 0.968. The van der Waals surface area contributed by atoms with Gasteiger partial charge in [-0.05, 0) is 26.2 Å². The zero-order valence-corrected chi connectivity index (χ0v) is 11.7. The van der Waals surface area contributed by atoms with E-state index in [1.54, 1.807) is 12.4 Å². The van der Waals surface area contributed by atoms with Crippen molar-refractivity contribution in [1.29, 1.82) is 0 Å². The molecule has 17 heavy (non-hydrogen) atoms. The van der Waals surface area contributed by atoms with Crippen LogP contribution in [0.2, 0.25) is 0 Å². The van der Waals surface area contributed by atoms with Gasteiger partial charge < -0.3 is 4.98 Å². The smallest absolute Gasteiger partial charge is 0.102 e. The van der Waals surface area contributed by atoms with Gasteiger partial charge in [0.1, 0.15) is 5.82 Å². The number of hydrogen-bond acceptors (Lipinski definition) is 1. The van der Waals surface area contributed by atoms with E-state index in [1.807, 2.05) is 6.92 Å². The predicted octanol–water partition coefficient (Wildman–Crippen LogP) is 5.03. The van der Waals surface area contributed by atoms with Crippen LogP contribution in [0.25, 0.3) is 0 Å². The average molecular weight is 236 g/mol. The van der Waals surface area contributed by atoms with Gasteiger partial charge in [-0.15, -0.1) is 0 Å². The molecule has 0 aliphatic rings. The molecule has 0 unspecified atom stereocenters. The highest BCUT2D eigenvalue weighted by Crippen LogP contribution is 2.03. The first-order valence-electron chi connectivity index (χ1n) is 6.92. The molecule has 0 amide bonds. The number of H-pyrrole nitrogens is 1. The number of hydrogen-bond donors (Lipinski definition) is 1.